The maximum absolute atomic E-state index is 11.4. The second kappa shape index (κ2) is 10.4. The minimum atomic E-state index is -2.77. The fraction of sp³-hybridized carbons (Fsp3) is 0.692. The van der Waals surface area contributed by atoms with Crippen LogP contribution in [-0.2, 0) is 24.3 Å². The minimum absolute atomic E-state index is 0.113. The lowest BCUT2D eigenvalue weighted by molar-refractivity contribution is -0.0652. The molecule has 0 bridgehead atoms. The first-order chi connectivity index (χ1) is 15.5. The van der Waals surface area contributed by atoms with Crippen molar-refractivity contribution in [2.45, 2.75) is 102 Å². The first-order valence-corrected chi connectivity index (χ1v) is 16.4. The predicted octanol–water partition coefficient (Wildman–Crippen LogP) is 6.08. The molecule has 0 aromatic heterocycles. The zero-order valence-corrected chi connectivity index (χ0v) is 23.7. The largest absolute Gasteiger partial charge is 0.414 e. The molecule has 1 aliphatic heterocycles. The number of hydrogen-bond donors (Lipinski definition) is 1. The zero-order chi connectivity index (χ0) is 24.6. The van der Waals surface area contributed by atoms with Crippen LogP contribution in [0.5, 0.6) is 0 Å². The summed E-state index contributed by atoms with van der Waals surface area (Å²) in [7, 11) is -5.39. The second-order valence-corrected chi connectivity index (χ2v) is 19.8. The van der Waals surface area contributed by atoms with E-state index in [0.29, 0.717) is 13.2 Å². The lowest BCUT2D eigenvalue weighted by Gasteiger charge is -2.51. The van der Waals surface area contributed by atoms with Crippen LogP contribution >= 0.6 is 0 Å². The van der Waals surface area contributed by atoms with Crippen molar-refractivity contribution in [3.8, 4) is 0 Å². The van der Waals surface area contributed by atoms with Crippen LogP contribution in [0.2, 0.25) is 22.2 Å². The van der Waals surface area contributed by atoms with Gasteiger partial charge in [-0.3, -0.25) is 0 Å². The van der Waals surface area contributed by atoms with Crippen LogP contribution in [0.25, 0.3) is 0 Å². The van der Waals surface area contributed by atoms with Crippen LogP contribution in [0.3, 0.4) is 0 Å². The Labute approximate surface area is 203 Å². The maximum atomic E-state index is 11.4. The van der Waals surface area contributed by atoms with Gasteiger partial charge in [-0.1, -0.05) is 92.3 Å². The van der Waals surface area contributed by atoms with E-state index in [4.69, 9.17) is 17.7 Å². The molecule has 4 atom stereocenters. The van der Waals surface area contributed by atoms with E-state index in [1.54, 1.807) is 0 Å². The molecule has 1 N–H and O–H groups in total. The Morgan fingerprint density at radius 2 is 1.48 bits per heavy atom. The van der Waals surface area contributed by atoms with Crippen LogP contribution in [0.1, 0.15) is 61.0 Å². The molecule has 3 rings (SSSR count). The summed E-state index contributed by atoms with van der Waals surface area (Å²) in [6, 6.07) is 10.0. The third kappa shape index (κ3) is 4.96. The molecule has 1 heterocycles. The van der Waals surface area contributed by atoms with Crippen LogP contribution < -0.4 is 0 Å². The summed E-state index contributed by atoms with van der Waals surface area (Å²) in [6.07, 6.45) is -1.71. The molecule has 186 valence electrons. The van der Waals surface area contributed by atoms with E-state index in [2.05, 4.69) is 62.0 Å². The Bertz CT molecular complexity index is 779. The van der Waals surface area contributed by atoms with Crippen LogP contribution in [-0.4, -0.2) is 47.1 Å². The van der Waals surface area contributed by atoms with Gasteiger partial charge in [0.05, 0.1) is 12.7 Å². The first-order valence-electron chi connectivity index (χ1n) is 12.5. The second-order valence-electron chi connectivity index (χ2n) is 10.9. The first kappa shape index (κ1) is 26.8. The SMILES string of the molecule is C=C1C(OCc2ccccc2)[C@@H](O)[C@@H]2O[Si](C(C)C)(C(C)C)O[Si](C(C)C)(C(C)C)OC[C@@H]12. The Morgan fingerprint density at radius 3 is 2.00 bits per heavy atom. The molecule has 33 heavy (non-hydrogen) atoms. The quantitative estimate of drug-likeness (QED) is 0.369. The topological polar surface area (TPSA) is 57.2 Å². The van der Waals surface area contributed by atoms with E-state index in [9.17, 15) is 5.11 Å². The molecule has 1 unspecified atom stereocenters. The van der Waals surface area contributed by atoms with E-state index >= 15 is 0 Å². The summed E-state index contributed by atoms with van der Waals surface area (Å²) < 4.78 is 27.3. The van der Waals surface area contributed by atoms with E-state index < -0.39 is 35.4 Å². The van der Waals surface area contributed by atoms with Gasteiger partial charge in [0.15, 0.2) is 0 Å². The molecule has 0 amide bonds. The molecule has 0 spiro atoms. The van der Waals surface area contributed by atoms with Crippen molar-refractivity contribution >= 4 is 17.1 Å². The molecule has 2 aliphatic rings. The smallest absolute Gasteiger partial charge is 0.335 e. The fourth-order valence-electron chi connectivity index (χ4n) is 5.52. The number of aliphatic hydroxyl groups is 1. The van der Waals surface area contributed by atoms with Gasteiger partial charge in [0.2, 0.25) is 0 Å². The van der Waals surface area contributed by atoms with Crippen molar-refractivity contribution in [2.24, 2.45) is 5.92 Å². The summed E-state index contributed by atoms with van der Waals surface area (Å²) in [5, 5.41) is 11.4. The van der Waals surface area contributed by atoms with Gasteiger partial charge in [-0.05, 0) is 33.3 Å². The monoisotopic (exact) mass is 492 g/mol. The lowest BCUT2D eigenvalue weighted by atomic mass is 10.0. The molecule has 1 saturated carbocycles. The summed E-state index contributed by atoms with van der Waals surface area (Å²) in [5.74, 6) is -0.113. The Balaban J connectivity index is 1.97. The van der Waals surface area contributed by atoms with E-state index in [1.807, 2.05) is 30.3 Å². The Kier molecular flexibility index (Phi) is 8.48. The van der Waals surface area contributed by atoms with Crippen molar-refractivity contribution in [3.05, 3.63) is 48.0 Å². The molecular weight excluding hydrogens is 448 g/mol. The average molecular weight is 493 g/mol. The van der Waals surface area contributed by atoms with Gasteiger partial charge < -0.3 is 22.8 Å². The summed E-state index contributed by atoms with van der Waals surface area (Å²) in [5.41, 5.74) is 2.94. The lowest BCUT2D eigenvalue weighted by Crippen LogP contribution is -2.65. The van der Waals surface area contributed by atoms with E-state index in [-0.39, 0.29) is 28.1 Å². The Morgan fingerprint density at radius 1 is 0.939 bits per heavy atom. The van der Waals surface area contributed by atoms with Crippen molar-refractivity contribution in [1.29, 1.82) is 0 Å². The van der Waals surface area contributed by atoms with Gasteiger partial charge >= 0.3 is 17.1 Å². The average Bonchev–Trinajstić information content (AvgIpc) is 2.94. The molecule has 0 radical (unpaired) electrons. The molecule has 2 fully saturated rings. The third-order valence-electron chi connectivity index (χ3n) is 7.50. The number of aliphatic hydroxyl groups excluding tert-OH is 1. The molecule has 7 heteroatoms. The number of rotatable bonds is 7. The highest BCUT2D eigenvalue weighted by molar-refractivity contribution is 6.83. The van der Waals surface area contributed by atoms with Crippen molar-refractivity contribution in [1.82, 2.24) is 0 Å². The predicted molar refractivity (Wildman–Crippen MR) is 137 cm³/mol. The number of fused-ring (bicyclic) bond motifs is 1. The third-order valence-corrected chi connectivity index (χ3v) is 17.8. The van der Waals surface area contributed by atoms with E-state index in [1.165, 1.54) is 0 Å². The minimum Gasteiger partial charge on any atom is -0.414 e. The van der Waals surface area contributed by atoms with Crippen molar-refractivity contribution < 1.29 is 22.8 Å². The fourth-order valence-corrected chi connectivity index (χ4v) is 16.8. The molecule has 5 nitrogen and oxygen atoms in total. The molecule has 1 aromatic carbocycles. The number of hydrogen-bond acceptors (Lipinski definition) is 5. The summed E-state index contributed by atoms with van der Waals surface area (Å²) in [6.45, 7) is 22.9. The van der Waals surface area contributed by atoms with Gasteiger partial charge in [0.25, 0.3) is 0 Å². The zero-order valence-electron chi connectivity index (χ0n) is 21.7. The van der Waals surface area contributed by atoms with E-state index in [0.717, 1.165) is 11.1 Å². The van der Waals surface area contributed by atoms with Crippen molar-refractivity contribution in [3.63, 3.8) is 0 Å². The maximum Gasteiger partial charge on any atom is 0.335 e. The summed E-state index contributed by atoms with van der Waals surface area (Å²) in [4.78, 5) is 0. The summed E-state index contributed by atoms with van der Waals surface area (Å²) >= 11 is 0. The molecule has 1 aromatic rings. The van der Waals surface area contributed by atoms with Gasteiger partial charge in [-0.2, -0.15) is 0 Å². The van der Waals surface area contributed by atoms with Crippen molar-refractivity contribution in [2.75, 3.05) is 6.61 Å². The van der Waals surface area contributed by atoms with Gasteiger partial charge in [0, 0.05) is 12.5 Å². The number of ether oxygens (including phenoxy) is 1. The number of benzene rings is 1. The van der Waals surface area contributed by atoms with Gasteiger partial charge in [-0.15, -0.1) is 0 Å². The van der Waals surface area contributed by atoms with Crippen LogP contribution in [0.4, 0.5) is 0 Å². The highest BCUT2D eigenvalue weighted by atomic mass is 28.5. The van der Waals surface area contributed by atoms with Crippen LogP contribution in [0, 0.1) is 5.92 Å². The highest BCUT2D eigenvalue weighted by Crippen LogP contribution is 2.49. The van der Waals surface area contributed by atoms with Gasteiger partial charge in [-0.25, -0.2) is 0 Å². The molecule has 1 saturated heterocycles. The van der Waals surface area contributed by atoms with Gasteiger partial charge in [0.1, 0.15) is 12.2 Å². The highest BCUT2D eigenvalue weighted by Gasteiger charge is 2.61. The molecular formula is C26H44O5Si2. The molecule has 1 aliphatic carbocycles. The Hall–Kier alpha value is -0.806. The standard InChI is InChI=1S/C26H44O5Si2/c1-17(2)32(18(3)4)29-16-23-21(9)25(28-15-22-13-11-10-12-14-22)24(27)26(23)30-33(31-32,19(5)6)20(7)8/h10-14,17-20,23-27H,9,15-16H2,1-8H3/t23-,24+,25?,26+/m0/s1. The normalized spacial score (nSPS) is 29.5. The van der Waals surface area contributed by atoms with Crippen LogP contribution in [0.15, 0.2) is 42.5 Å².